The van der Waals surface area contributed by atoms with Crippen LogP contribution in [0.5, 0.6) is 11.5 Å². The molecule has 36 heavy (non-hydrogen) atoms. The first-order valence-corrected chi connectivity index (χ1v) is 13.5. The van der Waals surface area contributed by atoms with Gasteiger partial charge in [-0.05, 0) is 46.7 Å². The van der Waals surface area contributed by atoms with Crippen LogP contribution in [0.25, 0.3) is 10.8 Å². The molecule has 0 saturated heterocycles. The molecule has 0 aliphatic heterocycles. The SMILES string of the molecule is COc1ccc(C(Cc2ccccc2)NCC(O)c2ccc(O)c(NS(C)(=O)=O)c2)c2ccccc12. The van der Waals surface area contributed by atoms with Crippen LogP contribution < -0.4 is 14.8 Å². The zero-order chi connectivity index (χ0) is 25.7. The molecule has 2 atom stereocenters. The molecule has 4 aromatic rings. The van der Waals surface area contributed by atoms with Crippen molar-refractivity contribution in [3.8, 4) is 11.5 Å². The summed E-state index contributed by atoms with van der Waals surface area (Å²) in [4.78, 5) is 0. The highest BCUT2D eigenvalue weighted by Crippen LogP contribution is 2.33. The number of rotatable bonds is 10. The highest BCUT2D eigenvalue weighted by Gasteiger charge is 2.19. The summed E-state index contributed by atoms with van der Waals surface area (Å²) in [5, 5.41) is 26.5. The Labute approximate surface area is 211 Å². The number of fused-ring (bicyclic) bond motifs is 1. The van der Waals surface area contributed by atoms with Crippen molar-refractivity contribution < 1.29 is 23.4 Å². The molecule has 4 N–H and O–H groups in total. The van der Waals surface area contributed by atoms with Crippen molar-refractivity contribution in [3.05, 3.63) is 102 Å². The lowest BCUT2D eigenvalue weighted by Gasteiger charge is -2.24. The van der Waals surface area contributed by atoms with E-state index in [0.29, 0.717) is 12.0 Å². The van der Waals surface area contributed by atoms with E-state index in [9.17, 15) is 18.6 Å². The van der Waals surface area contributed by atoms with Crippen LogP contribution in [0.2, 0.25) is 0 Å². The van der Waals surface area contributed by atoms with Crippen LogP contribution in [0, 0.1) is 0 Å². The maximum absolute atomic E-state index is 11.6. The van der Waals surface area contributed by atoms with Gasteiger partial charge in [-0.1, -0.05) is 66.7 Å². The summed E-state index contributed by atoms with van der Waals surface area (Å²) in [5.74, 6) is 0.582. The Kier molecular flexibility index (Phi) is 7.79. The minimum absolute atomic E-state index is 0.0241. The molecule has 2 unspecified atom stereocenters. The summed E-state index contributed by atoms with van der Waals surface area (Å²) in [5.41, 5.74) is 2.72. The van der Waals surface area contributed by atoms with Crippen LogP contribution in [0.15, 0.2) is 84.9 Å². The lowest BCUT2D eigenvalue weighted by Crippen LogP contribution is -2.28. The molecule has 0 spiro atoms. The predicted octanol–water partition coefficient (Wildman–Crippen LogP) is 4.53. The lowest BCUT2D eigenvalue weighted by molar-refractivity contribution is 0.169. The van der Waals surface area contributed by atoms with Crippen molar-refractivity contribution in [3.63, 3.8) is 0 Å². The first kappa shape index (κ1) is 25.5. The van der Waals surface area contributed by atoms with E-state index in [0.717, 1.165) is 33.9 Å². The number of nitrogens with one attached hydrogen (secondary N) is 2. The fourth-order valence-electron chi connectivity index (χ4n) is 4.33. The van der Waals surface area contributed by atoms with E-state index in [-0.39, 0.29) is 24.0 Å². The van der Waals surface area contributed by atoms with Gasteiger partial charge in [-0.3, -0.25) is 4.72 Å². The van der Waals surface area contributed by atoms with Crippen molar-refractivity contribution in [2.75, 3.05) is 24.6 Å². The van der Waals surface area contributed by atoms with E-state index in [2.05, 4.69) is 28.2 Å². The van der Waals surface area contributed by atoms with Crippen molar-refractivity contribution in [1.29, 1.82) is 0 Å². The first-order valence-electron chi connectivity index (χ1n) is 11.6. The van der Waals surface area contributed by atoms with Crippen LogP contribution in [0.1, 0.15) is 28.8 Å². The largest absolute Gasteiger partial charge is 0.506 e. The highest BCUT2D eigenvalue weighted by molar-refractivity contribution is 7.92. The minimum Gasteiger partial charge on any atom is -0.506 e. The second kappa shape index (κ2) is 11.0. The minimum atomic E-state index is -3.58. The number of hydrogen-bond acceptors (Lipinski definition) is 6. The van der Waals surface area contributed by atoms with Crippen LogP contribution in [0.3, 0.4) is 0 Å². The molecular weight excluding hydrogens is 476 g/mol. The van der Waals surface area contributed by atoms with E-state index in [4.69, 9.17) is 4.74 Å². The number of phenols is 1. The molecule has 0 bridgehead atoms. The molecule has 188 valence electrons. The van der Waals surface area contributed by atoms with E-state index < -0.39 is 16.1 Å². The second-order valence-electron chi connectivity index (χ2n) is 8.72. The summed E-state index contributed by atoms with van der Waals surface area (Å²) in [6.45, 7) is 0.209. The number of anilines is 1. The maximum atomic E-state index is 11.6. The van der Waals surface area contributed by atoms with Gasteiger partial charge in [0.05, 0.1) is 25.2 Å². The third kappa shape index (κ3) is 6.15. The molecule has 7 nitrogen and oxygen atoms in total. The smallest absolute Gasteiger partial charge is 0.229 e. The van der Waals surface area contributed by atoms with Gasteiger partial charge in [0.25, 0.3) is 0 Å². The molecule has 0 aliphatic rings. The topological polar surface area (TPSA) is 108 Å². The zero-order valence-corrected chi connectivity index (χ0v) is 21.0. The molecule has 4 rings (SSSR count). The van der Waals surface area contributed by atoms with Gasteiger partial charge in [0.15, 0.2) is 0 Å². The van der Waals surface area contributed by atoms with E-state index in [1.807, 2.05) is 48.5 Å². The Hall–Kier alpha value is -3.59. The van der Waals surface area contributed by atoms with Gasteiger partial charge >= 0.3 is 0 Å². The Morgan fingerprint density at radius 1 is 0.917 bits per heavy atom. The standard InChI is InChI=1S/C28H30N2O5S/c1-35-28-15-13-22(21-10-6-7-11-23(21)28)24(16-19-8-4-3-5-9-19)29-18-27(32)20-12-14-26(31)25(17-20)30-36(2,33)34/h3-15,17,24,27,29-32H,16,18H2,1-2H3. The molecule has 8 heteroatoms. The number of aliphatic hydroxyl groups is 1. The van der Waals surface area contributed by atoms with E-state index in [1.54, 1.807) is 13.2 Å². The van der Waals surface area contributed by atoms with Gasteiger partial charge in [-0.25, -0.2) is 8.42 Å². The lowest BCUT2D eigenvalue weighted by atomic mass is 9.93. The fourth-order valence-corrected chi connectivity index (χ4v) is 4.90. The molecule has 0 saturated carbocycles. The summed E-state index contributed by atoms with van der Waals surface area (Å²) in [7, 11) is -1.93. The van der Waals surface area contributed by atoms with E-state index in [1.165, 1.54) is 12.1 Å². The van der Waals surface area contributed by atoms with Crippen molar-refractivity contribution in [2.24, 2.45) is 0 Å². The Morgan fingerprint density at radius 2 is 1.61 bits per heavy atom. The molecule has 0 fully saturated rings. The summed E-state index contributed by atoms with van der Waals surface area (Å²) >= 11 is 0. The summed E-state index contributed by atoms with van der Waals surface area (Å²) in [6.07, 6.45) is 0.763. The second-order valence-corrected chi connectivity index (χ2v) is 10.5. The normalized spacial score (nSPS) is 13.3. The molecule has 0 radical (unpaired) electrons. The number of aliphatic hydroxyl groups excluding tert-OH is 1. The van der Waals surface area contributed by atoms with Crippen LogP contribution >= 0.6 is 0 Å². The van der Waals surface area contributed by atoms with E-state index >= 15 is 0 Å². The van der Waals surface area contributed by atoms with Crippen molar-refractivity contribution in [2.45, 2.75) is 18.6 Å². The average molecular weight is 507 g/mol. The molecular formula is C28H30N2O5S. The molecule has 0 aliphatic carbocycles. The van der Waals surface area contributed by atoms with Crippen LogP contribution in [0.4, 0.5) is 5.69 Å². The number of benzene rings is 4. The first-order chi connectivity index (χ1) is 17.2. The monoisotopic (exact) mass is 506 g/mol. The Morgan fingerprint density at radius 3 is 2.31 bits per heavy atom. The number of aromatic hydroxyl groups is 1. The fraction of sp³-hybridized carbons (Fsp3) is 0.214. The molecule has 0 heterocycles. The summed E-state index contributed by atoms with van der Waals surface area (Å²) < 4.78 is 31.1. The van der Waals surface area contributed by atoms with Crippen LogP contribution in [-0.2, 0) is 16.4 Å². The Balaban J connectivity index is 1.63. The Bertz CT molecular complexity index is 1440. The third-order valence-electron chi connectivity index (χ3n) is 6.05. The van der Waals surface area contributed by atoms with Gasteiger partial charge in [0.1, 0.15) is 11.5 Å². The van der Waals surface area contributed by atoms with Gasteiger partial charge in [0.2, 0.25) is 10.0 Å². The average Bonchev–Trinajstić information content (AvgIpc) is 2.87. The van der Waals surface area contributed by atoms with Gasteiger partial charge < -0.3 is 20.3 Å². The zero-order valence-electron chi connectivity index (χ0n) is 20.2. The van der Waals surface area contributed by atoms with Gasteiger partial charge in [0, 0.05) is 18.0 Å². The van der Waals surface area contributed by atoms with Crippen LogP contribution in [-0.4, -0.2) is 38.5 Å². The molecule has 4 aromatic carbocycles. The van der Waals surface area contributed by atoms with Crippen molar-refractivity contribution >= 4 is 26.5 Å². The van der Waals surface area contributed by atoms with Crippen molar-refractivity contribution in [1.82, 2.24) is 5.32 Å². The number of methoxy groups -OCH3 is 1. The quantitative estimate of drug-likeness (QED) is 0.235. The number of ether oxygens (including phenoxy) is 1. The molecule has 0 amide bonds. The number of phenolic OH excluding ortho intramolecular Hbond substituents is 1. The third-order valence-corrected chi connectivity index (χ3v) is 6.64. The molecule has 0 aromatic heterocycles. The number of hydrogen-bond donors (Lipinski definition) is 4. The maximum Gasteiger partial charge on any atom is 0.229 e. The highest BCUT2D eigenvalue weighted by atomic mass is 32.2. The van der Waals surface area contributed by atoms with Gasteiger partial charge in [-0.15, -0.1) is 0 Å². The number of sulfonamides is 1. The summed E-state index contributed by atoms with van der Waals surface area (Å²) in [6, 6.07) is 26.4. The predicted molar refractivity (Wildman–Crippen MR) is 143 cm³/mol. The van der Waals surface area contributed by atoms with Gasteiger partial charge in [-0.2, -0.15) is 0 Å².